The summed E-state index contributed by atoms with van der Waals surface area (Å²) in [4.78, 5) is 25.1. The van der Waals surface area contributed by atoms with Crippen LogP contribution in [-0.2, 0) is 6.54 Å². The number of para-hydroxylation sites is 1. The average molecular weight is 326 g/mol. The Bertz CT molecular complexity index is 715. The lowest BCUT2D eigenvalue weighted by molar-refractivity contribution is 0.0643. The standard InChI is InChI=1S/C18H22N4O2/c1-13-8-20-16(9-19-13)18(23)22-10-14-6-4-5-7-17(14)24-15(12-22)11-21(2)3/h4-9,15H,10-12H2,1-3H3. The van der Waals surface area contributed by atoms with Crippen molar-refractivity contribution in [2.75, 3.05) is 27.2 Å². The Morgan fingerprint density at radius 2 is 2.08 bits per heavy atom. The quantitative estimate of drug-likeness (QED) is 0.860. The largest absolute Gasteiger partial charge is 0.487 e. The minimum Gasteiger partial charge on any atom is -0.487 e. The van der Waals surface area contributed by atoms with Gasteiger partial charge in [-0.3, -0.25) is 9.78 Å². The number of nitrogens with zero attached hydrogens (tertiary/aromatic N) is 4. The van der Waals surface area contributed by atoms with E-state index in [-0.39, 0.29) is 12.0 Å². The van der Waals surface area contributed by atoms with Crippen molar-refractivity contribution in [2.24, 2.45) is 0 Å². The molecule has 0 aliphatic carbocycles. The lowest BCUT2D eigenvalue weighted by Gasteiger charge is -2.25. The second kappa shape index (κ2) is 6.97. The van der Waals surface area contributed by atoms with Gasteiger partial charge in [0, 0.05) is 24.8 Å². The van der Waals surface area contributed by atoms with Crippen molar-refractivity contribution >= 4 is 5.91 Å². The Morgan fingerprint density at radius 3 is 2.79 bits per heavy atom. The highest BCUT2D eigenvalue weighted by molar-refractivity contribution is 5.92. The van der Waals surface area contributed by atoms with Crippen molar-refractivity contribution in [1.29, 1.82) is 0 Å². The number of carbonyl (C=O) groups excluding carboxylic acids is 1. The van der Waals surface area contributed by atoms with Crippen molar-refractivity contribution in [2.45, 2.75) is 19.6 Å². The summed E-state index contributed by atoms with van der Waals surface area (Å²) in [7, 11) is 4.00. The van der Waals surface area contributed by atoms with Gasteiger partial charge in [-0.1, -0.05) is 18.2 Å². The zero-order valence-electron chi connectivity index (χ0n) is 14.3. The number of hydrogen-bond donors (Lipinski definition) is 0. The van der Waals surface area contributed by atoms with Gasteiger partial charge in [-0.25, -0.2) is 4.98 Å². The van der Waals surface area contributed by atoms with E-state index in [1.807, 2.05) is 45.3 Å². The predicted octanol–water partition coefficient (Wildman–Crippen LogP) is 1.75. The van der Waals surface area contributed by atoms with E-state index in [1.165, 1.54) is 6.20 Å². The molecular weight excluding hydrogens is 304 g/mol. The smallest absolute Gasteiger partial charge is 0.274 e. The van der Waals surface area contributed by atoms with E-state index in [0.717, 1.165) is 23.6 Å². The van der Waals surface area contributed by atoms with E-state index in [2.05, 4.69) is 14.9 Å². The fraction of sp³-hybridized carbons (Fsp3) is 0.389. The SMILES string of the molecule is Cc1cnc(C(=O)N2Cc3ccccc3OC(CN(C)C)C2)cn1. The maximum absolute atomic E-state index is 12.9. The van der Waals surface area contributed by atoms with Gasteiger partial charge in [0.1, 0.15) is 17.5 Å². The zero-order valence-corrected chi connectivity index (χ0v) is 14.3. The van der Waals surface area contributed by atoms with Crippen molar-refractivity contribution < 1.29 is 9.53 Å². The normalized spacial score (nSPS) is 17.2. The highest BCUT2D eigenvalue weighted by Crippen LogP contribution is 2.25. The lowest BCUT2D eigenvalue weighted by Crippen LogP contribution is -2.42. The molecule has 3 rings (SSSR count). The molecule has 1 amide bonds. The molecule has 0 fully saturated rings. The van der Waals surface area contributed by atoms with E-state index in [4.69, 9.17) is 4.74 Å². The van der Waals surface area contributed by atoms with Gasteiger partial charge in [0.2, 0.25) is 0 Å². The van der Waals surface area contributed by atoms with Gasteiger partial charge >= 0.3 is 0 Å². The molecule has 126 valence electrons. The first kappa shape index (κ1) is 16.4. The van der Waals surface area contributed by atoms with Crippen LogP contribution in [0.3, 0.4) is 0 Å². The molecule has 0 saturated carbocycles. The van der Waals surface area contributed by atoms with E-state index < -0.39 is 0 Å². The van der Waals surface area contributed by atoms with Gasteiger partial charge < -0.3 is 14.5 Å². The Balaban J connectivity index is 1.88. The number of aryl methyl sites for hydroxylation is 1. The second-order valence-corrected chi connectivity index (χ2v) is 6.34. The predicted molar refractivity (Wildman–Crippen MR) is 90.9 cm³/mol. The molecule has 1 aromatic heterocycles. The molecule has 0 N–H and O–H groups in total. The van der Waals surface area contributed by atoms with E-state index in [0.29, 0.717) is 18.8 Å². The summed E-state index contributed by atoms with van der Waals surface area (Å²) < 4.78 is 6.13. The molecule has 1 unspecified atom stereocenters. The Morgan fingerprint density at radius 1 is 1.29 bits per heavy atom. The van der Waals surface area contributed by atoms with Crippen LogP contribution in [-0.4, -0.2) is 59.0 Å². The molecule has 6 heteroatoms. The average Bonchev–Trinajstić information content (AvgIpc) is 2.73. The molecular formula is C18H22N4O2. The molecule has 0 bridgehead atoms. The van der Waals surface area contributed by atoms with Gasteiger partial charge in [0.15, 0.2) is 0 Å². The summed E-state index contributed by atoms with van der Waals surface area (Å²) in [6, 6.07) is 7.86. The summed E-state index contributed by atoms with van der Waals surface area (Å²) >= 11 is 0. The first-order valence-electron chi connectivity index (χ1n) is 8.00. The number of aromatic nitrogens is 2. The molecule has 0 saturated heterocycles. The van der Waals surface area contributed by atoms with Crippen LogP contribution in [0.5, 0.6) is 5.75 Å². The minimum absolute atomic E-state index is 0.0917. The number of fused-ring (bicyclic) bond motifs is 1. The van der Waals surface area contributed by atoms with Crippen LogP contribution in [0.1, 0.15) is 21.7 Å². The summed E-state index contributed by atoms with van der Waals surface area (Å²) in [5.74, 6) is 0.723. The molecule has 2 heterocycles. The minimum atomic E-state index is -0.119. The van der Waals surface area contributed by atoms with Gasteiger partial charge in [-0.05, 0) is 27.1 Å². The van der Waals surface area contributed by atoms with Crippen molar-refractivity contribution in [1.82, 2.24) is 19.8 Å². The van der Waals surface area contributed by atoms with Gasteiger partial charge in [-0.2, -0.15) is 0 Å². The molecule has 1 aliphatic rings. The summed E-state index contributed by atoms with van der Waals surface area (Å²) in [6.07, 6.45) is 3.06. The van der Waals surface area contributed by atoms with Crippen LogP contribution >= 0.6 is 0 Å². The van der Waals surface area contributed by atoms with Gasteiger partial charge in [0.25, 0.3) is 5.91 Å². The highest BCUT2D eigenvalue weighted by Gasteiger charge is 2.27. The van der Waals surface area contributed by atoms with Crippen LogP contribution in [0.4, 0.5) is 0 Å². The third kappa shape index (κ3) is 3.71. The van der Waals surface area contributed by atoms with Crippen LogP contribution in [0.15, 0.2) is 36.7 Å². The molecule has 2 aromatic rings. The third-order valence-corrected chi connectivity index (χ3v) is 3.91. The Labute approximate surface area is 142 Å². The molecule has 1 aliphatic heterocycles. The first-order chi connectivity index (χ1) is 11.5. The van der Waals surface area contributed by atoms with Crippen molar-refractivity contribution in [3.8, 4) is 5.75 Å². The molecule has 1 aromatic carbocycles. The maximum Gasteiger partial charge on any atom is 0.274 e. The number of likely N-dealkylation sites (N-methyl/N-ethyl adjacent to an activating group) is 1. The zero-order chi connectivity index (χ0) is 17.1. The fourth-order valence-electron chi connectivity index (χ4n) is 2.80. The van der Waals surface area contributed by atoms with E-state index in [1.54, 1.807) is 11.1 Å². The molecule has 1 atom stereocenters. The van der Waals surface area contributed by atoms with Crippen LogP contribution in [0, 0.1) is 6.92 Å². The number of amides is 1. The monoisotopic (exact) mass is 326 g/mol. The summed E-state index contributed by atoms with van der Waals surface area (Å²) in [5.41, 5.74) is 2.16. The Hall–Kier alpha value is -2.47. The van der Waals surface area contributed by atoms with Crippen molar-refractivity contribution in [3.63, 3.8) is 0 Å². The van der Waals surface area contributed by atoms with Crippen LogP contribution in [0.25, 0.3) is 0 Å². The van der Waals surface area contributed by atoms with Crippen LogP contribution in [0.2, 0.25) is 0 Å². The van der Waals surface area contributed by atoms with Crippen LogP contribution < -0.4 is 4.74 Å². The number of carbonyl (C=O) groups is 1. The second-order valence-electron chi connectivity index (χ2n) is 6.34. The molecule has 24 heavy (non-hydrogen) atoms. The number of rotatable bonds is 3. The molecule has 0 spiro atoms. The maximum atomic E-state index is 12.9. The van der Waals surface area contributed by atoms with Gasteiger partial charge in [0.05, 0.1) is 18.4 Å². The topological polar surface area (TPSA) is 58.6 Å². The summed E-state index contributed by atoms with van der Waals surface area (Å²) in [6.45, 7) is 3.61. The van der Waals surface area contributed by atoms with Crippen molar-refractivity contribution in [3.05, 3.63) is 53.6 Å². The Kier molecular flexibility index (Phi) is 4.76. The summed E-state index contributed by atoms with van der Waals surface area (Å²) in [5, 5.41) is 0. The number of ether oxygens (including phenoxy) is 1. The first-order valence-corrected chi connectivity index (χ1v) is 8.00. The highest BCUT2D eigenvalue weighted by atomic mass is 16.5. The lowest BCUT2D eigenvalue weighted by atomic mass is 10.2. The molecule has 0 radical (unpaired) electrons. The van der Waals surface area contributed by atoms with Gasteiger partial charge in [-0.15, -0.1) is 0 Å². The van der Waals surface area contributed by atoms with E-state index >= 15 is 0 Å². The number of hydrogen-bond acceptors (Lipinski definition) is 5. The number of benzene rings is 1. The van der Waals surface area contributed by atoms with E-state index in [9.17, 15) is 4.79 Å². The molecule has 6 nitrogen and oxygen atoms in total. The fourth-order valence-corrected chi connectivity index (χ4v) is 2.80. The third-order valence-electron chi connectivity index (χ3n) is 3.91.